The lowest BCUT2D eigenvalue weighted by atomic mass is 10.1. The number of hydrogen-bond acceptors (Lipinski definition) is 5. The molecule has 1 aromatic heterocycles. The summed E-state index contributed by atoms with van der Waals surface area (Å²) in [5.74, 6) is -0.165. The Hall–Kier alpha value is -1.30. The molecule has 0 saturated carbocycles. The Balaban J connectivity index is 2.29. The first-order valence-corrected chi connectivity index (χ1v) is 6.51. The SMILES string of the molecule is CC(C)(O)c1sc(Nc2ccccc2Cl)nc1O. The third-order valence-electron chi connectivity index (χ3n) is 2.28. The molecule has 0 aliphatic carbocycles. The largest absolute Gasteiger partial charge is 0.492 e. The van der Waals surface area contributed by atoms with Crippen LogP contribution in [0.1, 0.15) is 18.7 Å². The Morgan fingerprint density at radius 2 is 2.00 bits per heavy atom. The molecule has 1 heterocycles. The molecule has 0 aliphatic rings. The molecule has 0 bridgehead atoms. The highest BCUT2D eigenvalue weighted by Gasteiger charge is 2.25. The minimum absolute atomic E-state index is 0.165. The lowest BCUT2D eigenvalue weighted by Crippen LogP contribution is -2.13. The van der Waals surface area contributed by atoms with Crippen LogP contribution in [-0.4, -0.2) is 15.2 Å². The Morgan fingerprint density at radius 3 is 2.56 bits per heavy atom. The Labute approximate surface area is 114 Å². The number of halogens is 1. The molecule has 4 nitrogen and oxygen atoms in total. The summed E-state index contributed by atoms with van der Waals surface area (Å²) >= 11 is 7.20. The van der Waals surface area contributed by atoms with E-state index in [1.165, 1.54) is 11.3 Å². The normalized spacial score (nSPS) is 11.6. The van der Waals surface area contributed by atoms with E-state index in [0.29, 0.717) is 20.7 Å². The van der Waals surface area contributed by atoms with E-state index in [1.54, 1.807) is 19.9 Å². The Kier molecular flexibility index (Phi) is 3.47. The highest BCUT2D eigenvalue weighted by molar-refractivity contribution is 7.16. The molecule has 1 aromatic carbocycles. The summed E-state index contributed by atoms with van der Waals surface area (Å²) in [6.07, 6.45) is 0. The zero-order valence-electron chi connectivity index (χ0n) is 9.94. The lowest BCUT2D eigenvalue weighted by Gasteiger charge is -2.13. The van der Waals surface area contributed by atoms with Crippen LogP contribution in [0.3, 0.4) is 0 Å². The summed E-state index contributed by atoms with van der Waals surface area (Å²) in [5.41, 5.74) is -0.419. The van der Waals surface area contributed by atoms with Gasteiger partial charge in [0.25, 0.3) is 0 Å². The van der Waals surface area contributed by atoms with Gasteiger partial charge < -0.3 is 15.5 Å². The summed E-state index contributed by atoms with van der Waals surface area (Å²) in [7, 11) is 0. The Bertz CT molecular complexity index is 563. The minimum atomic E-state index is -1.12. The molecular formula is C12H13ClN2O2S. The van der Waals surface area contributed by atoms with E-state index in [4.69, 9.17) is 11.6 Å². The third kappa shape index (κ3) is 2.75. The number of nitrogens with zero attached hydrogens (tertiary/aromatic N) is 1. The maximum Gasteiger partial charge on any atom is 0.230 e. The van der Waals surface area contributed by atoms with Gasteiger partial charge in [0, 0.05) is 0 Å². The molecular weight excluding hydrogens is 272 g/mol. The van der Waals surface area contributed by atoms with Crippen LogP contribution in [-0.2, 0) is 5.60 Å². The summed E-state index contributed by atoms with van der Waals surface area (Å²) in [6.45, 7) is 3.19. The van der Waals surface area contributed by atoms with Crippen molar-refractivity contribution in [3.63, 3.8) is 0 Å². The minimum Gasteiger partial charge on any atom is -0.492 e. The number of nitrogens with one attached hydrogen (secondary N) is 1. The van der Waals surface area contributed by atoms with Gasteiger partial charge >= 0.3 is 0 Å². The van der Waals surface area contributed by atoms with Crippen molar-refractivity contribution < 1.29 is 10.2 Å². The van der Waals surface area contributed by atoms with Gasteiger partial charge in [-0.1, -0.05) is 35.1 Å². The topological polar surface area (TPSA) is 65.4 Å². The van der Waals surface area contributed by atoms with Gasteiger partial charge in [-0.2, -0.15) is 4.98 Å². The molecule has 0 atom stereocenters. The number of aliphatic hydroxyl groups is 1. The van der Waals surface area contributed by atoms with Crippen LogP contribution in [0.25, 0.3) is 0 Å². The summed E-state index contributed by atoms with van der Waals surface area (Å²) in [4.78, 5) is 4.37. The highest BCUT2D eigenvalue weighted by Crippen LogP contribution is 2.38. The van der Waals surface area contributed by atoms with Crippen molar-refractivity contribution in [2.24, 2.45) is 0 Å². The van der Waals surface area contributed by atoms with Gasteiger partial charge in [0.1, 0.15) is 4.88 Å². The first-order chi connectivity index (χ1) is 8.38. The molecule has 0 unspecified atom stereocenters. The summed E-state index contributed by atoms with van der Waals surface area (Å²) in [5, 5.41) is 23.6. The van der Waals surface area contributed by atoms with Crippen LogP contribution in [0.4, 0.5) is 10.8 Å². The second-order valence-corrected chi connectivity index (χ2v) is 5.74. The van der Waals surface area contributed by atoms with Crippen LogP contribution < -0.4 is 5.32 Å². The van der Waals surface area contributed by atoms with Crippen molar-refractivity contribution >= 4 is 33.8 Å². The average Bonchev–Trinajstić information content (AvgIpc) is 2.63. The molecule has 0 aliphatic heterocycles. The van der Waals surface area contributed by atoms with Crippen LogP contribution >= 0.6 is 22.9 Å². The molecule has 2 rings (SSSR count). The molecule has 6 heteroatoms. The van der Waals surface area contributed by atoms with Crippen LogP contribution in [0.2, 0.25) is 5.02 Å². The smallest absolute Gasteiger partial charge is 0.230 e. The number of para-hydroxylation sites is 1. The number of anilines is 2. The van der Waals surface area contributed by atoms with E-state index in [-0.39, 0.29) is 5.88 Å². The molecule has 0 fully saturated rings. The van der Waals surface area contributed by atoms with Crippen molar-refractivity contribution in [1.82, 2.24) is 4.98 Å². The average molecular weight is 285 g/mol. The molecule has 0 saturated heterocycles. The number of aromatic nitrogens is 1. The second kappa shape index (κ2) is 4.76. The zero-order valence-corrected chi connectivity index (χ0v) is 11.5. The van der Waals surface area contributed by atoms with Gasteiger partial charge in [-0.3, -0.25) is 0 Å². The van der Waals surface area contributed by atoms with Crippen molar-refractivity contribution in [3.8, 4) is 5.88 Å². The van der Waals surface area contributed by atoms with Crippen molar-refractivity contribution in [2.75, 3.05) is 5.32 Å². The van der Waals surface area contributed by atoms with Gasteiger partial charge in [-0.15, -0.1) is 0 Å². The van der Waals surface area contributed by atoms with E-state index in [0.717, 1.165) is 0 Å². The maximum atomic E-state index is 9.86. The van der Waals surface area contributed by atoms with E-state index in [1.807, 2.05) is 18.2 Å². The van der Waals surface area contributed by atoms with Crippen molar-refractivity contribution in [3.05, 3.63) is 34.2 Å². The van der Waals surface area contributed by atoms with Gasteiger partial charge in [-0.25, -0.2) is 0 Å². The van der Waals surface area contributed by atoms with E-state index < -0.39 is 5.60 Å². The predicted octanol–water partition coefficient (Wildman–Crippen LogP) is 3.47. The summed E-state index contributed by atoms with van der Waals surface area (Å²) in [6, 6.07) is 7.24. The monoisotopic (exact) mass is 284 g/mol. The van der Waals surface area contributed by atoms with E-state index >= 15 is 0 Å². The van der Waals surface area contributed by atoms with Gasteiger partial charge in [0.15, 0.2) is 5.13 Å². The van der Waals surface area contributed by atoms with Gasteiger partial charge in [0.05, 0.1) is 16.3 Å². The van der Waals surface area contributed by atoms with Crippen molar-refractivity contribution in [1.29, 1.82) is 0 Å². The number of thiazole rings is 1. The molecule has 2 aromatic rings. The van der Waals surface area contributed by atoms with Crippen molar-refractivity contribution in [2.45, 2.75) is 19.4 Å². The zero-order chi connectivity index (χ0) is 13.3. The van der Waals surface area contributed by atoms with Crippen LogP contribution in [0.15, 0.2) is 24.3 Å². The summed E-state index contributed by atoms with van der Waals surface area (Å²) < 4.78 is 0. The van der Waals surface area contributed by atoms with Gasteiger partial charge in [-0.05, 0) is 26.0 Å². The molecule has 3 N–H and O–H groups in total. The molecule has 0 radical (unpaired) electrons. The van der Waals surface area contributed by atoms with Crippen LogP contribution in [0.5, 0.6) is 5.88 Å². The standard InChI is InChI=1S/C12H13ClN2O2S/c1-12(2,17)9-10(16)15-11(18-9)14-8-6-4-3-5-7(8)13/h3-6,16-17H,1-2H3,(H,14,15). The number of rotatable bonds is 3. The molecule has 0 spiro atoms. The highest BCUT2D eigenvalue weighted by atomic mass is 35.5. The fraction of sp³-hybridized carbons (Fsp3) is 0.250. The van der Waals surface area contributed by atoms with E-state index in [9.17, 15) is 10.2 Å². The van der Waals surface area contributed by atoms with E-state index in [2.05, 4.69) is 10.3 Å². The van der Waals surface area contributed by atoms with Crippen LogP contribution in [0, 0.1) is 0 Å². The number of hydrogen-bond donors (Lipinski definition) is 3. The number of aromatic hydroxyl groups is 1. The fourth-order valence-corrected chi connectivity index (χ4v) is 2.50. The lowest BCUT2D eigenvalue weighted by molar-refractivity contribution is 0.0795. The third-order valence-corrected chi connectivity index (χ3v) is 3.88. The fourth-order valence-electron chi connectivity index (χ4n) is 1.44. The second-order valence-electron chi connectivity index (χ2n) is 4.34. The quantitative estimate of drug-likeness (QED) is 0.807. The first kappa shape index (κ1) is 13.1. The first-order valence-electron chi connectivity index (χ1n) is 5.32. The maximum absolute atomic E-state index is 9.86. The van der Waals surface area contributed by atoms with Gasteiger partial charge in [0.2, 0.25) is 5.88 Å². The number of benzene rings is 1. The molecule has 0 amide bonds. The predicted molar refractivity (Wildman–Crippen MR) is 73.8 cm³/mol. The molecule has 18 heavy (non-hydrogen) atoms. The Morgan fingerprint density at radius 1 is 1.33 bits per heavy atom. The molecule has 96 valence electrons.